The van der Waals surface area contributed by atoms with E-state index in [4.69, 9.17) is 5.11 Å². The van der Waals surface area contributed by atoms with Crippen LogP contribution in [0.25, 0.3) is 0 Å². The molecule has 5 nitrogen and oxygen atoms in total. The van der Waals surface area contributed by atoms with Crippen molar-refractivity contribution < 1.29 is 14.7 Å². The van der Waals surface area contributed by atoms with Crippen molar-refractivity contribution in [3.8, 4) is 0 Å². The van der Waals surface area contributed by atoms with Gasteiger partial charge in [-0.25, -0.2) is 0 Å². The topological polar surface area (TPSA) is 69.6 Å². The molecule has 1 aromatic rings. The van der Waals surface area contributed by atoms with E-state index in [0.717, 1.165) is 5.56 Å². The van der Waals surface area contributed by atoms with Gasteiger partial charge in [0.05, 0.1) is 12.5 Å². The Bertz CT molecular complexity index is 507. The lowest BCUT2D eigenvalue weighted by Gasteiger charge is -2.40. The molecule has 0 aromatic heterocycles. The number of carboxylic acid groups (broad SMARTS) is 1. The fourth-order valence-corrected chi connectivity index (χ4v) is 2.42. The van der Waals surface area contributed by atoms with Crippen molar-refractivity contribution in [1.29, 1.82) is 0 Å². The highest BCUT2D eigenvalue weighted by atomic mass is 16.4. The second kappa shape index (κ2) is 6.72. The van der Waals surface area contributed by atoms with E-state index in [0.29, 0.717) is 26.2 Å². The summed E-state index contributed by atoms with van der Waals surface area (Å²) in [6.45, 7) is 6.00. The zero-order chi connectivity index (χ0) is 15.4. The molecule has 1 fully saturated rings. The molecule has 2 N–H and O–H groups in total. The summed E-state index contributed by atoms with van der Waals surface area (Å²) in [7, 11) is 0. The first kappa shape index (κ1) is 15.5. The van der Waals surface area contributed by atoms with Crippen LogP contribution in [0.3, 0.4) is 0 Å². The highest BCUT2D eigenvalue weighted by Gasteiger charge is 2.35. The number of aryl methyl sites for hydroxylation is 1. The average molecular weight is 290 g/mol. The fourth-order valence-electron chi connectivity index (χ4n) is 2.42. The Hall–Kier alpha value is -1.88. The molecular formula is C16H22N2O3. The first-order chi connectivity index (χ1) is 9.95. The maximum atomic E-state index is 11.8. The molecule has 0 saturated carbocycles. The number of amides is 1. The SMILES string of the molecule is Cc1ccc(CNC(=O)CN2CC(C(C)C(=O)O)C2)cc1. The van der Waals surface area contributed by atoms with Gasteiger partial charge in [0.25, 0.3) is 0 Å². The molecule has 1 saturated heterocycles. The standard InChI is InChI=1S/C16H22N2O3/c1-11-3-5-13(6-4-11)7-17-15(19)10-18-8-14(9-18)12(2)16(20)21/h3-6,12,14H,7-10H2,1-2H3,(H,17,19)(H,20,21). The number of carbonyl (C=O) groups excluding carboxylic acids is 1. The van der Waals surface area contributed by atoms with Crippen molar-refractivity contribution in [2.45, 2.75) is 20.4 Å². The predicted octanol–water partition coefficient (Wildman–Crippen LogP) is 1.26. The van der Waals surface area contributed by atoms with Crippen molar-refractivity contribution in [3.05, 3.63) is 35.4 Å². The number of benzene rings is 1. The Morgan fingerprint density at radius 3 is 2.52 bits per heavy atom. The third-order valence-corrected chi connectivity index (χ3v) is 4.06. The smallest absolute Gasteiger partial charge is 0.306 e. The van der Waals surface area contributed by atoms with E-state index in [9.17, 15) is 9.59 Å². The van der Waals surface area contributed by atoms with Crippen molar-refractivity contribution >= 4 is 11.9 Å². The average Bonchev–Trinajstić information content (AvgIpc) is 2.41. The Labute approximate surface area is 125 Å². The van der Waals surface area contributed by atoms with E-state index in [1.54, 1.807) is 6.92 Å². The molecule has 0 aliphatic carbocycles. The van der Waals surface area contributed by atoms with Crippen LogP contribution in [0.5, 0.6) is 0 Å². The molecule has 1 aliphatic rings. The summed E-state index contributed by atoms with van der Waals surface area (Å²) in [5, 5.41) is 11.8. The van der Waals surface area contributed by atoms with E-state index >= 15 is 0 Å². The molecule has 1 heterocycles. The van der Waals surface area contributed by atoms with Gasteiger partial charge < -0.3 is 10.4 Å². The lowest BCUT2D eigenvalue weighted by atomic mass is 9.87. The van der Waals surface area contributed by atoms with E-state index in [1.807, 2.05) is 36.1 Å². The number of nitrogens with one attached hydrogen (secondary N) is 1. The molecule has 21 heavy (non-hydrogen) atoms. The van der Waals surface area contributed by atoms with Crippen LogP contribution >= 0.6 is 0 Å². The maximum absolute atomic E-state index is 11.8. The molecule has 5 heteroatoms. The third-order valence-electron chi connectivity index (χ3n) is 4.06. The van der Waals surface area contributed by atoms with Crippen molar-refractivity contribution in [3.63, 3.8) is 0 Å². The largest absolute Gasteiger partial charge is 0.481 e. The molecule has 0 spiro atoms. The van der Waals surface area contributed by atoms with Crippen LogP contribution in [0.15, 0.2) is 24.3 Å². The third kappa shape index (κ3) is 4.29. The minimum Gasteiger partial charge on any atom is -0.481 e. The van der Waals surface area contributed by atoms with Crippen LogP contribution in [-0.2, 0) is 16.1 Å². The summed E-state index contributed by atoms with van der Waals surface area (Å²) in [5.74, 6) is -0.954. The summed E-state index contributed by atoms with van der Waals surface area (Å²) in [4.78, 5) is 24.7. The summed E-state index contributed by atoms with van der Waals surface area (Å²) in [6.07, 6.45) is 0. The zero-order valence-electron chi connectivity index (χ0n) is 12.5. The van der Waals surface area contributed by atoms with Crippen molar-refractivity contribution in [1.82, 2.24) is 10.2 Å². The molecule has 1 aromatic carbocycles. The van der Waals surface area contributed by atoms with Crippen molar-refractivity contribution in [2.75, 3.05) is 19.6 Å². The van der Waals surface area contributed by atoms with E-state index < -0.39 is 5.97 Å². The quantitative estimate of drug-likeness (QED) is 0.827. The van der Waals surface area contributed by atoms with Crippen molar-refractivity contribution in [2.24, 2.45) is 11.8 Å². The highest BCUT2D eigenvalue weighted by Crippen LogP contribution is 2.23. The van der Waals surface area contributed by atoms with Crippen LogP contribution in [0.2, 0.25) is 0 Å². The van der Waals surface area contributed by atoms with Gasteiger partial charge in [0.15, 0.2) is 0 Å². The molecule has 114 valence electrons. The lowest BCUT2D eigenvalue weighted by Crippen LogP contribution is -2.53. The molecular weight excluding hydrogens is 268 g/mol. The van der Waals surface area contributed by atoms with Gasteiger partial charge in [-0.1, -0.05) is 36.8 Å². The van der Waals surface area contributed by atoms with Gasteiger partial charge in [-0.3, -0.25) is 14.5 Å². The Balaban J connectivity index is 1.67. The van der Waals surface area contributed by atoms with Crippen LogP contribution in [0, 0.1) is 18.8 Å². The minimum absolute atomic E-state index is 0.0167. The molecule has 0 radical (unpaired) electrons. The number of nitrogens with zero attached hydrogens (tertiary/aromatic N) is 1. The maximum Gasteiger partial charge on any atom is 0.306 e. The number of hydrogen-bond acceptors (Lipinski definition) is 3. The molecule has 1 aliphatic heterocycles. The van der Waals surface area contributed by atoms with Gasteiger partial charge >= 0.3 is 5.97 Å². The number of carboxylic acids is 1. The molecule has 1 unspecified atom stereocenters. The van der Waals surface area contributed by atoms with Gasteiger partial charge in [-0.05, 0) is 18.4 Å². The van der Waals surface area contributed by atoms with Crippen LogP contribution in [0.4, 0.5) is 0 Å². The highest BCUT2D eigenvalue weighted by molar-refractivity contribution is 5.78. The van der Waals surface area contributed by atoms with Gasteiger partial charge in [0, 0.05) is 19.6 Å². The number of carbonyl (C=O) groups is 2. The van der Waals surface area contributed by atoms with Gasteiger partial charge in [-0.15, -0.1) is 0 Å². The second-order valence-electron chi connectivity index (χ2n) is 5.84. The zero-order valence-corrected chi connectivity index (χ0v) is 12.5. The van der Waals surface area contributed by atoms with Gasteiger partial charge in [-0.2, -0.15) is 0 Å². The van der Waals surface area contributed by atoms with Gasteiger partial charge in [0.2, 0.25) is 5.91 Å². The monoisotopic (exact) mass is 290 g/mol. The number of hydrogen-bond donors (Lipinski definition) is 2. The Morgan fingerprint density at radius 2 is 1.95 bits per heavy atom. The molecule has 1 amide bonds. The normalized spacial score (nSPS) is 17.0. The minimum atomic E-state index is -0.761. The van der Waals surface area contributed by atoms with Crippen LogP contribution in [0.1, 0.15) is 18.1 Å². The van der Waals surface area contributed by atoms with Gasteiger partial charge in [0.1, 0.15) is 0 Å². The number of likely N-dealkylation sites (tertiary alicyclic amines) is 1. The number of aliphatic carboxylic acids is 1. The first-order valence-electron chi connectivity index (χ1n) is 7.23. The second-order valence-corrected chi connectivity index (χ2v) is 5.84. The molecule has 2 rings (SSSR count). The summed E-state index contributed by atoms with van der Waals surface area (Å²) in [5.41, 5.74) is 2.28. The van der Waals surface area contributed by atoms with Crippen LogP contribution in [-0.4, -0.2) is 41.5 Å². The first-order valence-corrected chi connectivity index (χ1v) is 7.23. The molecule has 1 atom stereocenters. The fraction of sp³-hybridized carbons (Fsp3) is 0.500. The summed E-state index contributed by atoms with van der Waals surface area (Å²) in [6, 6.07) is 8.05. The molecule has 0 bridgehead atoms. The summed E-state index contributed by atoms with van der Waals surface area (Å²) < 4.78 is 0. The Morgan fingerprint density at radius 1 is 1.33 bits per heavy atom. The number of rotatable bonds is 6. The predicted molar refractivity (Wildman–Crippen MR) is 79.8 cm³/mol. The summed E-state index contributed by atoms with van der Waals surface area (Å²) >= 11 is 0. The lowest BCUT2D eigenvalue weighted by molar-refractivity contribution is -0.145. The Kier molecular flexibility index (Phi) is 4.96. The van der Waals surface area contributed by atoms with E-state index in [-0.39, 0.29) is 17.7 Å². The van der Waals surface area contributed by atoms with E-state index in [2.05, 4.69) is 5.32 Å². The van der Waals surface area contributed by atoms with E-state index in [1.165, 1.54) is 5.56 Å². The van der Waals surface area contributed by atoms with Crippen LogP contribution < -0.4 is 5.32 Å².